The van der Waals surface area contributed by atoms with E-state index in [1.54, 1.807) is 6.07 Å². The van der Waals surface area contributed by atoms with Crippen molar-refractivity contribution in [3.05, 3.63) is 35.1 Å². The lowest BCUT2D eigenvalue weighted by Gasteiger charge is -2.17. The maximum atomic E-state index is 13.0. The van der Waals surface area contributed by atoms with Crippen LogP contribution >= 0.6 is 12.2 Å². The number of hydrogen-bond donors (Lipinski definition) is 2. The van der Waals surface area contributed by atoms with Gasteiger partial charge in [-0.2, -0.15) is 0 Å². The fraction of sp³-hybridized carbons (Fsp3) is 0.364. The molecule has 1 aromatic rings. The minimum atomic E-state index is -0.351. The summed E-state index contributed by atoms with van der Waals surface area (Å²) in [4.78, 5) is 2.10. The summed E-state index contributed by atoms with van der Waals surface area (Å²) >= 11 is 4.87. The molecule has 5 heteroatoms. The molecule has 0 radical (unpaired) electrons. The van der Waals surface area contributed by atoms with Crippen LogP contribution in [0.25, 0.3) is 0 Å². The highest BCUT2D eigenvalue weighted by atomic mass is 32.1. The van der Waals surface area contributed by atoms with Crippen molar-refractivity contribution < 1.29 is 9.50 Å². The number of rotatable bonds is 5. The van der Waals surface area contributed by atoms with Crippen molar-refractivity contribution in [1.29, 1.82) is 0 Å². The van der Waals surface area contributed by atoms with E-state index in [1.807, 2.05) is 11.9 Å². The van der Waals surface area contributed by atoms with Crippen molar-refractivity contribution in [3.63, 3.8) is 0 Å². The number of benzene rings is 1. The normalized spacial score (nSPS) is 10.8. The van der Waals surface area contributed by atoms with Gasteiger partial charge in [-0.25, -0.2) is 4.39 Å². The van der Waals surface area contributed by atoms with E-state index in [0.717, 1.165) is 5.56 Å². The van der Waals surface area contributed by atoms with Gasteiger partial charge in [0.15, 0.2) is 0 Å². The van der Waals surface area contributed by atoms with E-state index in [-0.39, 0.29) is 17.4 Å². The third-order valence-corrected chi connectivity index (χ3v) is 2.48. The lowest BCUT2D eigenvalue weighted by molar-refractivity contribution is 0.217. The van der Waals surface area contributed by atoms with Gasteiger partial charge in [-0.1, -0.05) is 18.3 Å². The van der Waals surface area contributed by atoms with Crippen molar-refractivity contribution in [2.45, 2.75) is 6.54 Å². The topological polar surface area (TPSA) is 49.5 Å². The molecule has 0 fully saturated rings. The van der Waals surface area contributed by atoms with Gasteiger partial charge in [-0.15, -0.1) is 0 Å². The molecule has 0 heterocycles. The first-order chi connectivity index (χ1) is 7.54. The summed E-state index contributed by atoms with van der Waals surface area (Å²) in [5.41, 5.74) is 6.95. The van der Waals surface area contributed by atoms with E-state index in [4.69, 9.17) is 23.1 Å². The largest absolute Gasteiger partial charge is 0.395 e. The molecular weight excluding hydrogens is 227 g/mol. The average molecular weight is 242 g/mol. The molecule has 88 valence electrons. The van der Waals surface area contributed by atoms with E-state index in [0.29, 0.717) is 18.7 Å². The smallest absolute Gasteiger partial charge is 0.123 e. The summed E-state index contributed by atoms with van der Waals surface area (Å²) in [5.74, 6) is -0.351. The monoisotopic (exact) mass is 242 g/mol. The zero-order valence-corrected chi connectivity index (χ0v) is 9.93. The second-order valence-corrected chi connectivity index (χ2v) is 4.07. The Balaban J connectivity index is 2.90. The molecule has 0 unspecified atom stereocenters. The maximum absolute atomic E-state index is 13.0. The Kier molecular flexibility index (Phi) is 4.79. The van der Waals surface area contributed by atoms with E-state index in [2.05, 4.69) is 0 Å². The Bertz CT molecular complexity index is 384. The van der Waals surface area contributed by atoms with Gasteiger partial charge < -0.3 is 10.8 Å². The van der Waals surface area contributed by atoms with E-state index >= 15 is 0 Å². The zero-order valence-electron chi connectivity index (χ0n) is 9.11. The van der Waals surface area contributed by atoms with Gasteiger partial charge in [-0.05, 0) is 24.7 Å². The molecule has 0 atom stereocenters. The molecule has 0 aromatic heterocycles. The number of aliphatic hydroxyl groups excluding tert-OH is 1. The van der Waals surface area contributed by atoms with Crippen LogP contribution in [0.3, 0.4) is 0 Å². The zero-order chi connectivity index (χ0) is 12.1. The molecule has 0 spiro atoms. The van der Waals surface area contributed by atoms with Crippen LogP contribution in [0.5, 0.6) is 0 Å². The van der Waals surface area contributed by atoms with Gasteiger partial charge in [0.25, 0.3) is 0 Å². The summed E-state index contributed by atoms with van der Waals surface area (Å²) in [6.07, 6.45) is 0. The lowest BCUT2D eigenvalue weighted by atomic mass is 10.1. The molecule has 0 aliphatic rings. The molecule has 3 N–H and O–H groups in total. The second kappa shape index (κ2) is 5.89. The summed E-state index contributed by atoms with van der Waals surface area (Å²) in [6, 6.07) is 4.38. The number of hydrogen-bond acceptors (Lipinski definition) is 3. The molecule has 1 rings (SSSR count). The van der Waals surface area contributed by atoms with Crippen LogP contribution in [-0.4, -0.2) is 35.2 Å². The average Bonchev–Trinajstić information content (AvgIpc) is 2.20. The first-order valence-corrected chi connectivity index (χ1v) is 5.33. The highest BCUT2D eigenvalue weighted by Crippen LogP contribution is 2.13. The predicted octanol–water partition coefficient (Wildman–Crippen LogP) is 0.884. The SMILES string of the molecule is CN(CCO)Cc1ccc(F)cc1C(N)=S. The van der Waals surface area contributed by atoms with Crippen molar-refractivity contribution in [1.82, 2.24) is 4.90 Å². The van der Waals surface area contributed by atoms with Crippen molar-refractivity contribution >= 4 is 17.2 Å². The number of halogens is 1. The number of aliphatic hydroxyl groups is 1. The van der Waals surface area contributed by atoms with Crippen LogP contribution in [-0.2, 0) is 6.54 Å². The Morgan fingerprint density at radius 3 is 2.81 bits per heavy atom. The molecule has 0 amide bonds. The molecule has 16 heavy (non-hydrogen) atoms. The molecular formula is C11H15FN2OS. The highest BCUT2D eigenvalue weighted by molar-refractivity contribution is 7.80. The molecule has 0 saturated heterocycles. The third-order valence-electron chi connectivity index (χ3n) is 2.26. The van der Waals surface area contributed by atoms with E-state index in [1.165, 1.54) is 12.1 Å². The van der Waals surface area contributed by atoms with Crippen LogP contribution in [0.1, 0.15) is 11.1 Å². The van der Waals surface area contributed by atoms with Crippen molar-refractivity contribution in [2.75, 3.05) is 20.2 Å². The van der Waals surface area contributed by atoms with E-state index in [9.17, 15) is 4.39 Å². The quantitative estimate of drug-likeness (QED) is 0.753. The van der Waals surface area contributed by atoms with Gasteiger partial charge in [0.1, 0.15) is 10.8 Å². The summed E-state index contributed by atoms with van der Waals surface area (Å²) < 4.78 is 13.0. The van der Waals surface area contributed by atoms with Crippen molar-refractivity contribution in [2.24, 2.45) is 5.73 Å². The van der Waals surface area contributed by atoms with Gasteiger partial charge in [-0.3, -0.25) is 4.90 Å². The minimum Gasteiger partial charge on any atom is -0.395 e. The van der Waals surface area contributed by atoms with E-state index < -0.39 is 0 Å². The minimum absolute atomic E-state index is 0.0834. The Hall–Kier alpha value is -1.04. The predicted molar refractivity (Wildman–Crippen MR) is 65.7 cm³/mol. The fourth-order valence-corrected chi connectivity index (χ4v) is 1.65. The number of likely N-dealkylation sites (N-methyl/N-ethyl adjacent to an activating group) is 1. The number of nitrogens with two attached hydrogens (primary N) is 1. The fourth-order valence-electron chi connectivity index (χ4n) is 1.46. The van der Waals surface area contributed by atoms with Crippen LogP contribution in [0.2, 0.25) is 0 Å². The Morgan fingerprint density at radius 1 is 1.56 bits per heavy atom. The summed E-state index contributed by atoms with van der Waals surface area (Å²) in [5, 5.41) is 8.79. The second-order valence-electron chi connectivity index (χ2n) is 3.63. The molecule has 0 saturated carbocycles. The lowest BCUT2D eigenvalue weighted by Crippen LogP contribution is -2.23. The summed E-state index contributed by atoms with van der Waals surface area (Å²) in [6.45, 7) is 1.21. The van der Waals surface area contributed by atoms with Crippen LogP contribution in [0.4, 0.5) is 4.39 Å². The molecule has 0 aliphatic carbocycles. The van der Waals surface area contributed by atoms with Crippen LogP contribution in [0.15, 0.2) is 18.2 Å². The van der Waals surface area contributed by atoms with Crippen molar-refractivity contribution in [3.8, 4) is 0 Å². The summed E-state index contributed by atoms with van der Waals surface area (Å²) in [7, 11) is 1.86. The third kappa shape index (κ3) is 3.52. The Labute approximate surface area is 99.7 Å². The first-order valence-electron chi connectivity index (χ1n) is 4.92. The highest BCUT2D eigenvalue weighted by Gasteiger charge is 2.08. The molecule has 0 bridgehead atoms. The number of nitrogens with zero attached hydrogens (tertiary/aromatic N) is 1. The molecule has 1 aromatic carbocycles. The van der Waals surface area contributed by atoms with Gasteiger partial charge in [0.05, 0.1) is 6.61 Å². The standard InChI is InChI=1S/C11H15FN2OS/c1-14(4-5-15)7-8-2-3-9(12)6-10(8)11(13)16/h2-3,6,15H,4-5,7H2,1H3,(H2,13,16). The van der Waals surface area contributed by atoms with Crippen LogP contribution in [0, 0.1) is 5.82 Å². The maximum Gasteiger partial charge on any atom is 0.123 e. The van der Waals surface area contributed by atoms with Crippen LogP contribution < -0.4 is 5.73 Å². The Morgan fingerprint density at radius 2 is 2.25 bits per heavy atom. The van der Waals surface area contributed by atoms with Gasteiger partial charge in [0, 0.05) is 18.7 Å². The van der Waals surface area contributed by atoms with Gasteiger partial charge in [0.2, 0.25) is 0 Å². The first kappa shape index (κ1) is 13.0. The number of thiocarbonyl (C=S) groups is 1. The molecule has 3 nitrogen and oxygen atoms in total. The van der Waals surface area contributed by atoms with Gasteiger partial charge >= 0.3 is 0 Å². The molecule has 0 aliphatic heterocycles.